The zero-order valence-corrected chi connectivity index (χ0v) is 6.00. The summed E-state index contributed by atoms with van der Waals surface area (Å²) < 4.78 is 4.81. The van der Waals surface area contributed by atoms with Gasteiger partial charge in [0.2, 0.25) is 5.88 Å². The topological polar surface area (TPSA) is 51.2 Å². The Morgan fingerprint density at radius 2 is 2.45 bits per heavy atom. The molecule has 0 fully saturated rings. The minimum atomic E-state index is 0.515. The number of aromatic nitrogens is 1. The Morgan fingerprint density at radius 1 is 1.64 bits per heavy atom. The van der Waals surface area contributed by atoms with E-state index >= 15 is 0 Å². The van der Waals surface area contributed by atoms with Gasteiger partial charge in [0.15, 0.2) is 0 Å². The molecule has 0 aliphatic carbocycles. The molecule has 1 aromatic heterocycles. The highest BCUT2D eigenvalue weighted by atomic mass is 16.5. The van der Waals surface area contributed by atoms with Gasteiger partial charge in [0, 0.05) is 6.07 Å². The van der Waals surface area contributed by atoms with E-state index in [2.05, 4.69) is 10.3 Å². The maximum atomic E-state index is 9.83. The summed E-state index contributed by atoms with van der Waals surface area (Å²) >= 11 is 0. The van der Waals surface area contributed by atoms with Crippen LogP contribution in [0.4, 0.5) is 5.69 Å². The third-order valence-corrected chi connectivity index (χ3v) is 1.14. The van der Waals surface area contributed by atoms with E-state index in [4.69, 9.17) is 4.74 Å². The quantitative estimate of drug-likeness (QED) is 0.642. The Kier molecular flexibility index (Phi) is 2.43. The molecule has 1 N–H and O–H groups in total. The lowest BCUT2D eigenvalue weighted by molar-refractivity contribution is 0.398. The highest BCUT2D eigenvalue weighted by Crippen LogP contribution is 2.09. The van der Waals surface area contributed by atoms with Crippen LogP contribution < -0.4 is 10.1 Å². The number of carbonyl (C=O) groups excluding carboxylic acids is 1. The predicted molar refractivity (Wildman–Crippen MR) is 40.1 cm³/mol. The predicted octanol–water partition coefficient (Wildman–Crippen LogP) is 0.569. The number of ether oxygens (including phenoxy) is 1. The van der Waals surface area contributed by atoms with Gasteiger partial charge in [-0.2, -0.15) is 0 Å². The second-order valence-corrected chi connectivity index (χ2v) is 1.82. The lowest BCUT2D eigenvalue weighted by Crippen LogP contribution is -1.94. The number of methoxy groups -OCH3 is 1. The minimum absolute atomic E-state index is 0.515. The Balaban J connectivity index is 2.74. The normalized spacial score (nSPS) is 8.82. The summed E-state index contributed by atoms with van der Waals surface area (Å²) in [6.07, 6.45) is 3.03. The summed E-state index contributed by atoms with van der Waals surface area (Å²) in [6.45, 7) is 0. The fourth-order valence-electron chi connectivity index (χ4n) is 0.634. The van der Waals surface area contributed by atoms with Gasteiger partial charge in [-0.3, -0.25) is 4.79 Å². The summed E-state index contributed by atoms with van der Waals surface area (Å²) in [6, 6.07) is 3.33. The number of nitrogens with one attached hydrogen (secondary N) is 1. The monoisotopic (exact) mass is 151 g/mol. The van der Waals surface area contributed by atoms with E-state index in [0.717, 1.165) is 0 Å². The van der Waals surface area contributed by atoms with Crippen LogP contribution in [0.25, 0.3) is 0 Å². The van der Waals surface area contributed by atoms with Gasteiger partial charge in [-0.1, -0.05) is 0 Å². The zero-order chi connectivity index (χ0) is 8.10. The molecule has 0 aliphatic heterocycles. The summed E-state index contributed by atoms with van der Waals surface area (Å²) in [7, 11) is 1.53. The molecule has 4 heteroatoms. The van der Waals surface area contributed by atoms with Crippen molar-refractivity contribution in [3.05, 3.63) is 18.3 Å². The van der Waals surface area contributed by atoms with Crippen LogP contribution >= 0.6 is 0 Å². The van der Waals surface area contributed by atoms with E-state index in [0.29, 0.717) is 11.6 Å². The van der Waals surface area contributed by atoms with Crippen LogP contribution in [0.1, 0.15) is 0 Å². The fourth-order valence-corrected chi connectivity index (χ4v) is 0.634. The fraction of sp³-hybridized carbons (Fsp3) is 0.143. The molecule has 0 aliphatic rings. The molecular formula is C7H7N2O2. The first-order valence-electron chi connectivity index (χ1n) is 3.00. The van der Waals surface area contributed by atoms with E-state index in [1.807, 2.05) is 0 Å². The van der Waals surface area contributed by atoms with Gasteiger partial charge in [-0.15, -0.1) is 0 Å². The first-order chi connectivity index (χ1) is 5.36. The van der Waals surface area contributed by atoms with Gasteiger partial charge in [0.25, 0.3) is 0 Å². The lowest BCUT2D eigenvalue weighted by Gasteiger charge is -1.98. The average molecular weight is 151 g/mol. The summed E-state index contributed by atoms with van der Waals surface area (Å²) in [5.74, 6) is 0.515. The van der Waals surface area contributed by atoms with E-state index in [9.17, 15) is 4.79 Å². The van der Waals surface area contributed by atoms with Crippen molar-refractivity contribution in [2.24, 2.45) is 0 Å². The Labute approximate surface area is 64.2 Å². The molecule has 0 aromatic carbocycles. The molecular weight excluding hydrogens is 144 g/mol. The average Bonchev–Trinajstić information content (AvgIpc) is 2.07. The molecule has 0 bridgehead atoms. The van der Waals surface area contributed by atoms with E-state index in [-0.39, 0.29) is 0 Å². The second kappa shape index (κ2) is 3.55. The molecule has 1 aromatic rings. The molecule has 4 nitrogen and oxygen atoms in total. The molecule has 0 unspecified atom stereocenters. The van der Waals surface area contributed by atoms with Crippen LogP contribution in [0.15, 0.2) is 18.3 Å². The number of amides is 1. The van der Waals surface area contributed by atoms with Crippen LogP contribution in [0.5, 0.6) is 5.88 Å². The Bertz CT molecular complexity index is 233. The standard InChI is InChI=1S/C7H7N2O2/c1-11-7-3-2-6(4-8-7)9-5-10/h2-4H,1H3,(H,9,10). The minimum Gasteiger partial charge on any atom is -0.481 e. The van der Waals surface area contributed by atoms with Gasteiger partial charge in [0.1, 0.15) is 0 Å². The molecule has 0 spiro atoms. The third kappa shape index (κ3) is 1.93. The zero-order valence-electron chi connectivity index (χ0n) is 6.00. The van der Waals surface area contributed by atoms with E-state index < -0.39 is 0 Å². The van der Waals surface area contributed by atoms with Crippen molar-refractivity contribution < 1.29 is 9.53 Å². The molecule has 1 heterocycles. The SMILES string of the molecule is COc1ccc(N[C]=O)cn1. The van der Waals surface area contributed by atoms with Gasteiger partial charge >= 0.3 is 6.41 Å². The molecule has 11 heavy (non-hydrogen) atoms. The van der Waals surface area contributed by atoms with Crippen molar-refractivity contribution in [2.75, 3.05) is 12.4 Å². The van der Waals surface area contributed by atoms with Crippen molar-refractivity contribution in [1.82, 2.24) is 4.98 Å². The second-order valence-electron chi connectivity index (χ2n) is 1.82. The summed E-state index contributed by atoms with van der Waals surface area (Å²) in [5, 5.41) is 2.34. The van der Waals surface area contributed by atoms with E-state index in [1.165, 1.54) is 13.3 Å². The Morgan fingerprint density at radius 3 is 2.91 bits per heavy atom. The first kappa shape index (κ1) is 7.53. The smallest absolute Gasteiger partial charge is 0.314 e. The van der Waals surface area contributed by atoms with Crippen LogP contribution in [-0.2, 0) is 4.79 Å². The Hall–Kier alpha value is -1.58. The van der Waals surface area contributed by atoms with Crippen molar-refractivity contribution in [1.29, 1.82) is 0 Å². The van der Waals surface area contributed by atoms with Crippen molar-refractivity contribution >= 4 is 12.1 Å². The number of rotatable bonds is 3. The maximum Gasteiger partial charge on any atom is 0.314 e. The van der Waals surface area contributed by atoms with Crippen molar-refractivity contribution in [2.45, 2.75) is 0 Å². The highest BCUT2D eigenvalue weighted by Gasteiger charge is 1.92. The van der Waals surface area contributed by atoms with E-state index in [1.54, 1.807) is 18.5 Å². The molecule has 1 radical (unpaired) electrons. The number of anilines is 1. The number of hydrogen-bond donors (Lipinski definition) is 1. The summed E-state index contributed by atoms with van der Waals surface area (Å²) in [5.41, 5.74) is 0.598. The first-order valence-corrected chi connectivity index (χ1v) is 3.00. The molecule has 57 valence electrons. The number of pyridine rings is 1. The van der Waals surface area contributed by atoms with Gasteiger partial charge in [0.05, 0.1) is 19.0 Å². The molecule has 1 amide bonds. The van der Waals surface area contributed by atoms with Crippen LogP contribution in [0.2, 0.25) is 0 Å². The van der Waals surface area contributed by atoms with Crippen LogP contribution in [0, 0.1) is 0 Å². The molecule has 1 rings (SSSR count). The molecule has 0 saturated heterocycles. The van der Waals surface area contributed by atoms with Gasteiger partial charge < -0.3 is 10.1 Å². The van der Waals surface area contributed by atoms with Crippen molar-refractivity contribution in [3.8, 4) is 5.88 Å². The maximum absolute atomic E-state index is 9.83. The lowest BCUT2D eigenvalue weighted by atomic mass is 10.4. The molecule has 0 saturated carbocycles. The van der Waals surface area contributed by atoms with Gasteiger partial charge in [-0.05, 0) is 6.07 Å². The highest BCUT2D eigenvalue weighted by molar-refractivity contribution is 5.71. The third-order valence-electron chi connectivity index (χ3n) is 1.14. The van der Waals surface area contributed by atoms with Gasteiger partial charge in [-0.25, -0.2) is 4.98 Å². The van der Waals surface area contributed by atoms with Crippen molar-refractivity contribution in [3.63, 3.8) is 0 Å². The molecule has 0 atom stereocenters. The van der Waals surface area contributed by atoms with Crippen LogP contribution in [0.3, 0.4) is 0 Å². The number of nitrogens with zero attached hydrogens (tertiary/aromatic N) is 1. The summed E-state index contributed by atoms with van der Waals surface area (Å²) in [4.78, 5) is 13.7. The number of hydrogen-bond acceptors (Lipinski definition) is 3. The largest absolute Gasteiger partial charge is 0.481 e. The van der Waals surface area contributed by atoms with Crippen LogP contribution in [-0.4, -0.2) is 18.5 Å².